The maximum Gasteiger partial charge on any atom is 0.304 e. The number of aliphatic carboxylic acids is 1. The van der Waals surface area contributed by atoms with Crippen LogP contribution in [0.4, 0.5) is 0 Å². The molecule has 0 rings (SSSR count). The minimum absolute atomic E-state index is 0. The summed E-state index contributed by atoms with van der Waals surface area (Å²) in [5, 5.41) is 8.13. The van der Waals surface area contributed by atoms with Crippen molar-refractivity contribution < 1.29 is 9.90 Å². The zero-order valence-electron chi connectivity index (χ0n) is 6.66. The van der Waals surface area contributed by atoms with Gasteiger partial charge in [-0.1, -0.05) is 24.0 Å². The van der Waals surface area contributed by atoms with Gasteiger partial charge in [0, 0.05) is 64.9 Å². The van der Waals surface area contributed by atoms with E-state index in [4.69, 9.17) is 10.8 Å². The predicted molar refractivity (Wildman–Crippen MR) is 53.0 cm³/mol. The Labute approximate surface area is 119 Å². The van der Waals surface area contributed by atoms with Gasteiger partial charge in [-0.2, -0.15) is 0 Å². The van der Waals surface area contributed by atoms with E-state index in [0.29, 0.717) is 10.1 Å². The summed E-state index contributed by atoms with van der Waals surface area (Å²) in [5.41, 5.74) is 5.08. The van der Waals surface area contributed by atoms with Crippen LogP contribution in [0.15, 0.2) is 0 Å². The van der Waals surface area contributed by atoms with Crippen LogP contribution in [0.2, 0.25) is 0 Å². The summed E-state index contributed by atoms with van der Waals surface area (Å²) in [4.78, 5) is 9.88. The predicted octanol–water partition coefficient (Wildman–Crippen LogP) is -0.324. The smallest absolute Gasteiger partial charge is 0.304 e. The topological polar surface area (TPSA) is 63.3 Å². The van der Waals surface area contributed by atoms with Crippen LogP contribution >= 0.6 is 24.0 Å². The zero-order chi connectivity index (χ0) is 7.28. The molecule has 11 heavy (non-hydrogen) atoms. The van der Waals surface area contributed by atoms with Crippen LogP contribution in [-0.4, -0.2) is 80.3 Å². The molecule has 0 saturated carbocycles. The Morgan fingerprint density at radius 3 is 2.27 bits per heavy atom. The second kappa shape index (κ2) is 11.7. The molecule has 0 amide bonds. The molecule has 2 radical (unpaired) electrons. The molecular formula is C4H7NNa2O2S2. The average molecular weight is 211 g/mol. The quantitative estimate of drug-likeness (QED) is 0.494. The first-order chi connectivity index (χ1) is 4.13. The fourth-order valence-electron chi connectivity index (χ4n) is 0.239. The van der Waals surface area contributed by atoms with E-state index >= 15 is 0 Å². The first kappa shape index (κ1) is 18.5. The number of carbonyl (C=O) groups is 1. The molecule has 0 atom stereocenters. The Kier molecular flexibility index (Phi) is 19.7. The van der Waals surface area contributed by atoms with Crippen molar-refractivity contribution in [3.8, 4) is 0 Å². The van der Waals surface area contributed by atoms with E-state index in [9.17, 15) is 4.79 Å². The van der Waals surface area contributed by atoms with E-state index in [0.717, 1.165) is 0 Å². The molecule has 0 unspecified atom stereocenters. The summed E-state index contributed by atoms with van der Waals surface area (Å²) in [5.74, 6) is -0.358. The maximum absolute atomic E-state index is 9.88. The summed E-state index contributed by atoms with van der Waals surface area (Å²) >= 11 is 5.68. The molecular weight excluding hydrogens is 204 g/mol. The minimum Gasteiger partial charge on any atom is -0.481 e. The van der Waals surface area contributed by atoms with Gasteiger partial charge in [-0.3, -0.25) is 4.79 Å². The third-order valence-electron chi connectivity index (χ3n) is 0.560. The summed E-state index contributed by atoms with van der Waals surface area (Å²) in [7, 11) is 0. The number of thiocarbonyl (C=S) groups is 1. The summed E-state index contributed by atoms with van der Waals surface area (Å²) in [6.07, 6.45) is 0.113. The molecule has 3 N–H and O–H groups in total. The Balaban J connectivity index is -0.000000320. The molecule has 7 heteroatoms. The Morgan fingerprint density at radius 2 is 2.00 bits per heavy atom. The van der Waals surface area contributed by atoms with Gasteiger partial charge in [0.2, 0.25) is 0 Å². The van der Waals surface area contributed by atoms with Gasteiger partial charge in [-0.15, -0.1) is 0 Å². The monoisotopic (exact) mass is 211 g/mol. The number of rotatable bonds is 3. The number of carboxylic acid groups (broad SMARTS) is 1. The molecule has 54 valence electrons. The molecule has 0 spiro atoms. The zero-order valence-corrected chi connectivity index (χ0v) is 12.3. The molecule has 0 aromatic carbocycles. The standard InChI is InChI=1S/C4H7NO2S2.2Na/c5-4(8)9-2-1-3(6)7;;/h1-2H2,(H2,5,8)(H,6,7);;. The average Bonchev–Trinajstić information content (AvgIpc) is 1.63. The molecule has 0 saturated heterocycles. The van der Waals surface area contributed by atoms with E-state index in [1.807, 2.05) is 0 Å². The molecule has 0 aromatic rings. The molecule has 0 aromatic heterocycles. The molecule has 0 bridgehead atoms. The molecule has 0 heterocycles. The van der Waals surface area contributed by atoms with Gasteiger partial charge in [0.05, 0.1) is 6.42 Å². The second-order valence-electron chi connectivity index (χ2n) is 1.31. The van der Waals surface area contributed by atoms with E-state index in [1.165, 1.54) is 11.8 Å². The van der Waals surface area contributed by atoms with Gasteiger partial charge in [0.15, 0.2) is 0 Å². The molecule has 0 aliphatic carbocycles. The molecule has 0 aliphatic heterocycles. The van der Waals surface area contributed by atoms with E-state index in [-0.39, 0.29) is 65.5 Å². The number of carboxylic acids is 1. The summed E-state index contributed by atoms with van der Waals surface area (Å²) in [6.45, 7) is 0. The van der Waals surface area contributed by atoms with E-state index < -0.39 is 5.97 Å². The number of hydrogen-bond donors (Lipinski definition) is 2. The molecule has 3 nitrogen and oxygen atoms in total. The largest absolute Gasteiger partial charge is 0.481 e. The summed E-state index contributed by atoms with van der Waals surface area (Å²) < 4.78 is 0.302. The third kappa shape index (κ3) is 18.6. The Bertz CT molecular complexity index is 119. The fourth-order valence-corrected chi connectivity index (χ4v) is 0.967. The first-order valence-corrected chi connectivity index (χ1v) is 3.66. The SMILES string of the molecule is NC(=S)SCCC(=O)O.[Na].[Na]. The maximum atomic E-state index is 9.88. The van der Waals surface area contributed by atoms with E-state index in [2.05, 4.69) is 12.2 Å². The van der Waals surface area contributed by atoms with Crippen LogP contribution in [0.1, 0.15) is 6.42 Å². The molecule has 0 aliphatic rings. The van der Waals surface area contributed by atoms with Crippen molar-refractivity contribution in [3.63, 3.8) is 0 Å². The Hall–Kier alpha value is 1.71. The van der Waals surface area contributed by atoms with Crippen molar-refractivity contribution in [1.29, 1.82) is 0 Å². The van der Waals surface area contributed by atoms with Crippen LogP contribution in [0.25, 0.3) is 0 Å². The van der Waals surface area contributed by atoms with Gasteiger partial charge in [-0.05, 0) is 0 Å². The van der Waals surface area contributed by atoms with Crippen molar-refractivity contribution in [2.24, 2.45) is 5.73 Å². The fraction of sp³-hybridized carbons (Fsp3) is 0.500. The third-order valence-corrected chi connectivity index (χ3v) is 1.61. The van der Waals surface area contributed by atoms with Gasteiger partial charge in [0.1, 0.15) is 4.32 Å². The van der Waals surface area contributed by atoms with Crippen molar-refractivity contribution in [2.45, 2.75) is 6.42 Å². The van der Waals surface area contributed by atoms with Crippen LogP contribution in [0.3, 0.4) is 0 Å². The number of hydrogen-bond acceptors (Lipinski definition) is 3. The van der Waals surface area contributed by atoms with Crippen molar-refractivity contribution in [2.75, 3.05) is 5.75 Å². The van der Waals surface area contributed by atoms with Crippen molar-refractivity contribution >= 4 is 93.4 Å². The van der Waals surface area contributed by atoms with Gasteiger partial charge in [0.25, 0.3) is 0 Å². The normalized spacial score (nSPS) is 7.27. The number of nitrogens with two attached hydrogens (primary N) is 1. The van der Waals surface area contributed by atoms with Gasteiger partial charge < -0.3 is 10.8 Å². The van der Waals surface area contributed by atoms with E-state index in [1.54, 1.807) is 0 Å². The van der Waals surface area contributed by atoms with Gasteiger partial charge >= 0.3 is 5.97 Å². The number of thioether (sulfide) groups is 1. The van der Waals surface area contributed by atoms with Gasteiger partial charge in [-0.25, -0.2) is 0 Å². The van der Waals surface area contributed by atoms with Crippen molar-refractivity contribution in [3.05, 3.63) is 0 Å². The minimum atomic E-state index is -0.821. The van der Waals surface area contributed by atoms with Crippen LogP contribution in [-0.2, 0) is 4.79 Å². The van der Waals surface area contributed by atoms with Crippen LogP contribution in [0, 0.1) is 0 Å². The second-order valence-corrected chi connectivity index (χ2v) is 3.15. The molecule has 0 fully saturated rings. The van der Waals surface area contributed by atoms with Crippen molar-refractivity contribution in [1.82, 2.24) is 0 Å². The van der Waals surface area contributed by atoms with Crippen LogP contribution < -0.4 is 5.73 Å². The first-order valence-electron chi connectivity index (χ1n) is 2.27. The Morgan fingerprint density at radius 1 is 1.55 bits per heavy atom. The van der Waals surface area contributed by atoms with Crippen LogP contribution in [0.5, 0.6) is 0 Å². The summed E-state index contributed by atoms with van der Waals surface area (Å²) in [6, 6.07) is 0.